The molecule has 1 aromatic carbocycles. The molecule has 2 aromatic heterocycles. The molecule has 4 rings (SSSR count). The Morgan fingerprint density at radius 2 is 1.96 bits per heavy atom. The van der Waals surface area contributed by atoms with Crippen LogP contribution in [-0.4, -0.2) is 45.5 Å². The standard InChI is InChI=1S/C20H23F2N5/c1-4-15-7-14(10-27-11-20(21,22)12-27)5-6-17(15)26(3)19-8-18-16(9-23-19)24-13-25(18)2/h5-9,13H,4,10-12H2,1-3H3. The van der Waals surface area contributed by atoms with Crippen molar-refractivity contribution in [3.63, 3.8) is 0 Å². The maximum atomic E-state index is 13.0. The molecule has 1 fully saturated rings. The van der Waals surface area contributed by atoms with E-state index in [2.05, 4.69) is 33.9 Å². The quantitative estimate of drug-likeness (QED) is 0.685. The van der Waals surface area contributed by atoms with Gasteiger partial charge in [0.15, 0.2) is 0 Å². The maximum Gasteiger partial charge on any atom is 0.272 e. The first-order chi connectivity index (χ1) is 12.9. The number of alkyl halides is 2. The van der Waals surface area contributed by atoms with Gasteiger partial charge in [-0.05, 0) is 23.6 Å². The average Bonchev–Trinajstić information content (AvgIpc) is 3.00. The summed E-state index contributed by atoms with van der Waals surface area (Å²) >= 11 is 0. The maximum absolute atomic E-state index is 13.0. The number of pyridine rings is 1. The van der Waals surface area contributed by atoms with Crippen LogP contribution in [0.15, 0.2) is 36.8 Å². The van der Waals surface area contributed by atoms with E-state index in [0.29, 0.717) is 6.54 Å². The molecule has 5 nitrogen and oxygen atoms in total. The van der Waals surface area contributed by atoms with Crippen molar-refractivity contribution in [3.8, 4) is 0 Å². The van der Waals surface area contributed by atoms with Gasteiger partial charge in [0.05, 0.1) is 31.1 Å². The minimum Gasteiger partial charge on any atom is -0.334 e. The molecule has 0 saturated carbocycles. The Kier molecular flexibility index (Phi) is 4.34. The Balaban J connectivity index is 1.59. The van der Waals surface area contributed by atoms with E-state index in [1.54, 1.807) is 17.4 Å². The highest BCUT2D eigenvalue weighted by Gasteiger charge is 2.43. The zero-order valence-electron chi connectivity index (χ0n) is 15.8. The normalized spacial score (nSPS) is 16.5. The van der Waals surface area contributed by atoms with Gasteiger partial charge in [0.2, 0.25) is 0 Å². The molecule has 0 unspecified atom stereocenters. The van der Waals surface area contributed by atoms with E-state index in [1.165, 1.54) is 5.56 Å². The molecule has 1 aliphatic rings. The summed E-state index contributed by atoms with van der Waals surface area (Å²) in [6.07, 6.45) is 4.42. The first kappa shape index (κ1) is 17.9. The second-order valence-electron chi connectivity index (χ2n) is 7.26. The summed E-state index contributed by atoms with van der Waals surface area (Å²) in [6, 6.07) is 8.22. The Morgan fingerprint density at radius 1 is 1.19 bits per heavy atom. The lowest BCUT2D eigenvalue weighted by Crippen LogP contribution is -2.55. The van der Waals surface area contributed by atoms with E-state index < -0.39 is 5.92 Å². The summed E-state index contributed by atoms with van der Waals surface area (Å²) in [5, 5.41) is 0. The molecule has 0 atom stereocenters. The summed E-state index contributed by atoms with van der Waals surface area (Å²) in [4.78, 5) is 12.7. The van der Waals surface area contributed by atoms with E-state index >= 15 is 0 Å². The van der Waals surface area contributed by atoms with Gasteiger partial charge in [0, 0.05) is 32.4 Å². The van der Waals surface area contributed by atoms with Gasteiger partial charge in [-0.15, -0.1) is 0 Å². The summed E-state index contributed by atoms with van der Waals surface area (Å²) in [5.41, 5.74) is 5.21. The van der Waals surface area contributed by atoms with E-state index in [0.717, 1.165) is 34.5 Å². The van der Waals surface area contributed by atoms with E-state index in [4.69, 9.17) is 0 Å². The van der Waals surface area contributed by atoms with Crippen molar-refractivity contribution in [2.75, 3.05) is 25.0 Å². The predicted octanol–water partition coefficient (Wildman–Crippen LogP) is 3.75. The van der Waals surface area contributed by atoms with Gasteiger partial charge in [0.25, 0.3) is 5.92 Å². The monoisotopic (exact) mass is 371 g/mol. The molecule has 142 valence electrons. The molecule has 0 radical (unpaired) electrons. The number of aromatic nitrogens is 3. The second kappa shape index (κ2) is 6.56. The third kappa shape index (κ3) is 3.39. The molecule has 7 heteroatoms. The van der Waals surface area contributed by atoms with Crippen LogP contribution in [0.25, 0.3) is 11.0 Å². The van der Waals surface area contributed by atoms with Crippen LogP contribution in [0.3, 0.4) is 0 Å². The van der Waals surface area contributed by atoms with Gasteiger partial charge >= 0.3 is 0 Å². The van der Waals surface area contributed by atoms with Gasteiger partial charge in [0.1, 0.15) is 11.3 Å². The largest absolute Gasteiger partial charge is 0.334 e. The number of nitrogens with zero attached hydrogens (tertiary/aromatic N) is 5. The number of imidazole rings is 1. The number of hydrogen-bond donors (Lipinski definition) is 0. The molecule has 1 aliphatic heterocycles. The van der Waals surface area contributed by atoms with Gasteiger partial charge in [-0.25, -0.2) is 18.7 Å². The summed E-state index contributed by atoms with van der Waals surface area (Å²) in [7, 11) is 3.96. The fraction of sp³-hybridized carbons (Fsp3) is 0.400. The highest BCUT2D eigenvalue weighted by molar-refractivity contribution is 5.79. The number of halogens is 2. The lowest BCUT2D eigenvalue weighted by atomic mass is 10.0. The van der Waals surface area contributed by atoms with Crippen LogP contribution in [-0.2, 0) is 20.0 Å². The first-order valence-electron chi connectivity index (χ1n) is 9.09. The van der Waals surface area contributed by atoms with Crippen LogP contribution in [0, 0.1) is 0 Å². The van der Waals surface area contributed by atoms with Crippen molar-refractivity contribution in [1.29, 1.82) is 0 Å². The Hall–Kier alpha value is -2.54. The van der Waals surface area contributed by atoms with Crippen molar-refractivity contribution in [1.82, 2.24) is 19.4 Å². The molecule has 0 bridgehead atoms. The Labute approximate surface area is 157 Å². The molecular formula is C20H23F2N5. The highest BCUT2D eigenvalue weighted by Crippen LogP contribution is 2.31. The summed E-state index contributed by atoms with van der Waals surface area (Å²) in [6.45, 7) is 2.37. The first-order valence-corrected chi connectivity index (χ1v) is 9.09. The van der Waals surface area contributed by atoms with Gasteiger partial charge in [-0.1, -0.05) is 19.1 Å². The fourth-order valence-electron chi connectivity index (χ4n) is 3.65. The second-order valence-corrected chi connectivity index (χ2v) is 7.26. The topological polar surface area (TPSA) is 37.2 Å². The van der Waals surface area contributed by atoms with Crippen LogP contribution in [0.1, 0.15) is 18.1 Å². The minimum atomic E-state index is -2.52. The Bertz CT molecular complexity index is 974. The number of aryl methyl sites for hydroxylation is 2. The molecule has 3 heterocycles. The number of fused-ring (bicyclic) bond motifs is 1. The van der Waals surface area contributed by atoms with Crippen molar-refractivity contribution < 1.29 is 8.78 Å². The van der Waals surface area contributed by atoms with Gasteiger partial charge in [-0.3, -0.25) is 4.90 Å². The van der Waals surface area contributed by atoms with Crippen molar-refractivity contribution >= 4 is 22.5 Å². The van der Waals surface area contributed by atoms with Crippen LogP contribution < -0.4 is 4.90 Å². The number of rotatable bonds is 5. The number of hydrogen-bond acceptors (Lipinski definition) is 4. The molecule has 0 N–H and O–H groups in total. The highest BCUT2D eigenvalue weighted by atomic mass is 19.3. The van der Waals surface area contributed by atoms with E-state index in [1.807, 2.05) is 30.8 Å². The third-order valence-corrected chi connectivity index (χ3v) is 5.14. The molecule has 27 heavy (non-hydrogen) atoms. The summed E-state index contributed by atoms with van der Waals surface area (Å²) in [5.74, 6) is -1.68. The number of anilines is 2. The zero-order chi connectivity index (χ0) is 19.2. The molecular weight excluding hydrogens is 348 g/mol. The van der Waals surface area contributed by atoms with Crippen molar-refractivity contribution in [3.05, 3.63) is 47.9 Å². The van der Waals surface area contributed by atoms with Gasteiger partial charge in [-0.2, -0.15) is 0 Å². The molecule has 0 amide bonds. The van der Waals surface area contributed by atoms with Gasteiger partial charge < -0.3 is 9.47 Å². The fourth-order valence-corrected chi connectivity index (χ4v) is 3.65. The van der Waals surface area contributed by atoms with E-state index in [9.17, 15) is 8.78 Å². The lowest BCUT2D eigenvalue weighted by molar-refractivity contribution is -0.133. The van der Waals surface area contributed by atoms with Crippen molar-refractivity contribution in [2.45, 2.75) is 25.8 Å². The smallest absolute Gasteiger partial charge is 0.272 e. The van der Waals surface area contributed by atoms with E-state index in [-0.39, 0.29) is 13.1 Å². The van der Waals surface area contributed by atoms with Crippen LogP contribution >= 0.6 is 0 Å². The SMILES string of the molecule is CCc1cc(CN2CC(F)(F)C2)ccc1N(C)c1cc2c(cn1)ncn2C. The molecule has 1 saturated heterocycles. The third-order valence-electron chi connectivity index (χ3n) is 5.14. The Morgan fingerprint density at radius 3 is 2.67 bits per heavy atom. The molecule has 0 spiro atoms. The van der Waals surface area contributed by atoms with Crippen LogP contribution in [0.4, 0.5) is 20.3 Å². The average molecular weight is 371 g/mol. The summed E-state index contributed by atoms with van der Waals surface area (Å²) < 4.78 is 28.1. The predicted molar refractivity (Wildman–Crippen MR) is 103 cm³/mol. The van der Waals surface area contributed by atoms with Crippen LogP contribution in [0.5, 0.6) is 0 Å². The number of benzene rings is 1. The molecule has 3 aromatic rings. The number of likely N-dealkylation sites (tertiary alicyclic amines) is 1. The lowest BCUT2D eigenvalue weighted by Gasteiger charge is -2.38. The zero-order valence-corrected chi connectivity index (χ0v) is 15.8. The van der Waals surface area contributed by atoms with Crippen LogP contribution in [0.2, 0.25) is 0 Å². The molecule has 0 aliphatic carbocycles. The minimum absolute atomic E-state index is 0.148. The van der Waals surface area contributed by atoms with Crippen molar-refractivity contribution in [2.24, 2.45) is 7.05 Å².